The Hall–Kier alpha value is -4.47. The van der Waals surface area contributed by atoms with Crippen LogP contribution < -0.4 is 11.3 Å². The number of amides is 1. The molecule has 1 amide bonds. The van der Waals surface area contributed by atoms with E-state index in [4.69, 9.17) is 5.73 Å². The Morgan fingerprint density at radius 3 is 2.71 bits per heavy atom. The number of halogens is 1. The molecule has 2 aromatic carbocycles. The Bertz CT molecular complexity index is 1700. The van der Waals surface area contributed by atoms with Crippen molar-refractivity contribution in [3.63, 3.8) is 0 Å². The third-order valence-electron chi connectivity index (χ3n) is 6.98. The molecule has 1 aliphatic rings. The quantitative estimate of drug-likeness (QED) is 0.284. The number of pyridine rings is 2. The van der Waals surface area contributed by atoms with Crippen LogP contribution in [0.4, 0.5) is 14.9 Å². The maximum absolute atomic E-state index is 14.4. The average molecular weight is 472 g/mol. The number of H-pyrrole nitrogens is 2. The summed E-state index contributed by atoms with van der Waals surface area (Å²) in [5, 5.41) is 18.0. The van der Waals surface area contributed by atoms with Crippen LogP contribution in [0.1, 0.15) is 24.3 Å². The van der Waals surface area contributed by atoms with Crippen LogP contribution in [-0.4, -0.2) is 49.4 Å². The Labute approximate surface area is 197 Å². The number of fused-ring (bicyclic) bond motifs is 4. The molecule has 0 unspecified atom stereocenters. The van der Waals surface area contributed by atoms with Gasteiger partial charge in [-0.15, -0.1) is 0 Å². The molecule has 1 saturated heterocycles. The van der Waals surface area contributed by atoms with E-state index in [1.807, 2.05) is 12.1 Å². The number of anilines is 1. The zero-order chi connectivity index (χ0) is 24.3. The average Bonchev–Trinajstić information content (AvgIpc) is 3.37. The number of carbonyl (C=O) groups is 1. The van der Waals surface area contributed by atoms with E-state index < -0.39 is 17.5 Å². The highest BCUT2D eigenvalue weighted by Gasteiger charge is 2.27. The second kappa shape index (κ2) is 7.79. The topological polar surface area (TPSA) is 141 Å². The van der Waals surface area contributed by atoms with E-state index in [2.05, 4.69) is 20.2 Å². The van der Waals surface area contributed by atoms with Crippen molar-refractivity contribution in [3.8, 4) is 11.1 Å². The fourth-order valence-electron chi connectivity index (χ4n) is 5.25. The van der Waals surface area contributed by atoms with Gasteiger partial charge in [-0.2, -0.15) is 5.10 Å². The lowest BCUT2D eigenvalue weighted by molar-refractivity contribution is 0.132. The molecule has 9 nitrogen and oxygen atoms in total. The molecule has 176 valence electrons. The van der Waals surface area contributed by atoms with Crippen molar-refractivity contribution in [2.75, 3.05) is 18.8 Å². The first-order chi connectivity index (χ1) is 16.9. The fourth-order valence-corrected chi connectivity index (χ4v) is 5.25. The van der Waals surface area contributed by atoms with Crippen LogP contribution in [0.2, 0.25) is 0 Å². The first-order valence-corrected chi connectivity index (χ1v) is 11.3. The van der Waals surface area contributed by atoms with Gasteiger partial charge in [-0.1, -0.05) is 6.07 Å². The van der Waals surface area contributed by atoms with Gasteiger partial charge in [-0.3, -0.25) is 14.9 Å². The highest BCUT2D eigenvalue weighted by atomic mass is 19.1. The van der Waals surface area contributed by atoms with E-state index in [-0.39, 0.29) is 17.1 Å². The summed E-state index contributed by atoms with van der Waals surface area (Å²) < 4.78 is 14.4. The second-order valence-electron chi connectivity index (χ2n) is 8.83. The van der Waals surface area contributed by atoms with Gasteiger partial charge < -0.3 is 20.7 Å². The largest absolute Gasteiger partial charge is 0.465 e. The maximum atomic E-state index is 14.4. The monoisotopic (exact) mass is 472 g/mol. The minimum absolute atomic E-state index is 0.0292. The molecular weight excluding hydrogens is 451 g/mol. The van der Waals surface area contributed by atoms with E-state index in [1.54, 1.807) is 18.3 Å². The molecule has 1 aliphatic heterocycles. The van der Waals surface area contributed by atoms with Gasteiger partial charge in [0.25, 0.3) is 5.56 Å². The Kier molecular flexibility index (Phi) is 4.70. The van der Waals surface area contributed by atoms with Crippen LogP contribution in [0, 0.1) is 5.82 Å². The summed E-state index contributed by atoms with van der Waals surface area (Å²) in [4.78, 5) is 33.3. The standard InChI is InChI=1S/C25H21FN6O3/c26-18-4-3-13(17-11-29-31-23(17)18)19-16-10-15(12-5-8-32(9-6-12)25(34)35)21-14(2-1-7-28-21)22(16)30-24(33)20(19)27/h1-4,7,10-12H,5-6,8-9,27H2,(H,29,31)(H,30,33)(H,34,35). The van der Waals surface area contributed by atoms with Crippen LogP contribution in [0.25, 0.3) is 43.8 Å². The minimum atomic E-state index is -0.919. The number of likely N-dealkylation sites (tertiary alicyclic amines) is 1. The number of nitrogens with one attached hydrogen (secondary N) is 2. The molecule has 3 aromatic heterocycles. The predicted octanol–water partition coefficient (Wildman–Crippen LogP) is 4.20. The van der Waals surface area contributed by atoms with Crippen molar-refractivity contribution in [1.82, 2.24) is 25.1 Å². The molecule has 0 spiro atoms. The van der Waals surface area contributed by atoms with E-state index in [0.717, 1.165) is 16.5 Å². The van der Waals surface area contributed by atoms with Crippen LogP contribution in [0.5, 0.6) is 0 Å². The van der Waals surface area contributed by atoms with Crippen LogP contribution in [0.3, 0.4) is 0 Å². The Morgan fingerprint density at radius 2 is 1.94 bits per heavy atom. The van der Waals surface area contributed by atoms with Gasteiger partial charge in [-0.05, 0) is 54.2 Å². The number of rotatable bonds is 2. The van der Waals surface area contributed by atoms with Gasteiger partial charge in [0.2, 0.25) is 0 Å². The molecule has 10 heteroatoms. The third kappa shape index (κ3) is 3.21. The smallest absolute Gasteiger partial charge is 0.407 e. The number of nitrogen functional groups attached to an aromatic ring is 1. The van der Waals surface area contributed by atoms with Crippen LogP contribution in [-0.2, 0) is 0 Å². The number of aromatic amines is 2. The zero-order valence-electron chi connectivity index (χ0n) is 18.5. The lowest BCUT2D eigenvalue weighted by Gasteiger charge is -2.31. The maximum Gasteiger partial charge on any atom is 0.407 e. The van der Waals surface area contributed by atoms with Crippen LogP contribution in [0.15, 0.2) is 47.5 Å². The Balaban J connectivity index is 1.66. The van der Waals surface area contributed by atoms with Gasteiger partial charge in [0, 0.05) is 41.0 Å². The normalized spacial score (nSPS) is 14.8. The van der Waals surface area contributed by atoms with E-state index >= 15 is 0 Å². The zero-order valence-corrected chi connectivity index (χ0v) is 18.5. The number of carboxylic acid groups (broad SMARTS) is 1. The minimum Gasteiger partial charge on any atom is -0.465 e. The highest BCUT2D eigenvalue weighted by molar-refractivity contribution is 6.15. The van der Waals surface area contributed by atoms with Gasteiger partial charge >= 0.3 is 6.09 Å². The van der Waals surface area contributed by atoms with Crippen molar-refractivity contribution in [2.24, 2.45) is 0 Å². The van der Waals surface area contributed by atoms with E-state index in [9.17, 15) is 19.1 Å². The summed E-state index contributed by atoms with van der Waals surface area (Å²) in [5.41, 5.74) is 9.59. The number of hydrogen-bond donors (Lipinski definition) is 4. The summed E-state index contributed by atoms with van der Waals surface area (Å²) >= 11 is 0. The summed E-state index contributed by atoms with van der Waals surface area (Å²) in [6, 6.07) is 8.62. The summed E-state index contributed by atoms with van der Waals surface area (Å²) in [5.74, 6) is -0.370. The fraction of sp³-hybridized carbons (Fsp3) is 0.200. The molecule has 5 N–H and O–H groups in total. The number of hydrogen-bond acceptors (Lipinski definition) is 5. The number of piperidine rings is 1. The van der Waals surface area contributed by atoms with Gasteiger partial charge in [0.05, 0.1) is 17.2 Å². The number of nitrogens with zero attached hydrogens (tertiary/aromatic N) is 3. The highest BCUT2D eigenvalue weighted by Crippen LogP contribution is 2.41. The predicted molar refractivity (Wildman–Crippen MR) is 131 cm³/mol. The molecule has 0 saturated carbocycles. The molecule has 4 heterocycles. The first kappa shape index (κ1) is 21.1. The number of nitrogens with two attached hydrogens (primary N) is 1. The molecule has 1 fully saturated rings. The van der Waals surface area contributed by atoms with Crippen molar-refractivity contribution < 1.29 is 14.3 Å². The second-order valence-corrected chi connectivity index (χ2v) is 8.83. The van der Waals surface area contributed by atoms with Gasteiger partial charge in [0.15, 0.2) is 0 Å². The number of benzene rings is 2. The molecule has 5 aromatic rings. The SMILES string of the molecule is Nc1c(-c2ccc(F)c3[nH]ncc23)c2cc(C3CCN(C(=O)O)CC3)c3ncccc3c2[nH]c1=O. The third-order valence-corrected chi connectivity index (χ3v) is 6.98. The molecule has 0 bridgehead atoms. The lowest BCUT2D eigenvalue weighted by Crippen LogP contribution is -2.36. The molecule has 6 rings (SSSR count). The first-order valence-electron chi connectivity index (χ1n) is 11.3. The summed E-state index contributed by atoms with van der Waals surface area (Å²) in [7, 11) is 0. The number of aromatic nitrogens is 4. The molecule has 35 heavy (non-hydrogen) atoms. The molecule has 0 radical (unpaired) electrons. The molecular formula is C25H21FN6O3. The van der Waals surface area contributed by atoms with Crippen LogP contribution >= 0.6 is 0 Å². The van der Waals surface area contributed by atoms with Gasteiger partial charge in [-0.25, -0.2) is 9.18 Å². The summed E-state index contributed by atoms with van der Waals surface area (Å²) in [6.45, 7) is 0.862. The van der Waals surface area contributed by atoms with Crippen molar-refractivity contribution in [1.29, 1.82) is 0 Å². The van der Waals surface area contributed by atoms with E-state index in [1.165, 1.54) is 17.2 Å². The summed E-state index contributed by atoms with van der Waals surface area (Å²) in [6.07, 6.45) is 3.61. The van der Waals surface area contributed by atoms with Crippen molar-refractivity contribution >= 4 is 44.5 Å². The van der Waals surface area contributed by atoms with Crippen molar-refractivity contribution in [3.05, 3.63) is 64.5 Å². The van der Waals surface area contributed by atoms with Crippen molar-refractivity contribution in [2.45, 2.75) is 18.8 Å². The molecule has 0 atom stereocenters. The van der Waals surface area contributed by atoms with E-state index in [0.29, 0.717) is 53.3 Å². The lowest BCUT2D eigenvalue weighted by atomic mass is 9.85. The van der Waals surface area contributed by atoms with Gasteiger partial charge in [0.1, 0.15) is 17.0 Å². The Morgan fingerprint density at radius 1 is 1.14 bits per heavy atom. The molecule has 0 aliphatic carbocycles.